The van der Waals surface area contributed by atoms with Gasteiger partial charge in [0.1, 0.15) is 5.75 Å². The molecule has 0 aliphatic rings. The van der Waals surface area contributed by atoms with Crippen molar-refractivity contribution in [2.24, 2.45) is 5.73 Å². The molecule has 0 aliphatic carbocycles. The van der Waals surface area contributed by atoms with Crippen molar-refractivity contribution in [2.75, 3.05) is 6.61 Å². The van der Waals surface area contributed by atoms with Crippen molar-refractivity contribution in [2.45, 2.75) is 12.7 Å². The molecule has 0 fully saturated rings. The van der Waals surface area contributed by atoms with Crippen LogP contribution in [0.5, 0.6) is 5.75 Å². The van der Waals surface area contributed by atoms with Gasteiger partial charge in [0.25, 0.3) is 0 Å². The minimum Gasteiger partial charge on any atom is -0.435 e. The summed E-state index contributed by atoms with van der Waals surface area (Å²) in [6.07, 6.45) is 0. The molecule has 6 heteroatoms. The smallest absolute Gasteiger partial charge is 0.387 e. The summed E-state index contributed by atoms with van der Waals surface area (Å²) in [6, 6.07) is 5.39. The molecule has 1 atom stereocenters. The van der Waals surface area contributed by atoms with Crippen molar-refractivity contribution in [3.8, 4) is 5.75 Å². The monoisotopic (exact) mass is 239 g/mol. The van der Waals surface area contributed by atoms with E-state index in [1.165, 1.54) is 12.1 Å². The van der Waals surface area contributed by atoms with Crippen LogP contribution >= 0.6 is 12.4 Å². The second-order valence-electron chi connectivity index (χ2n) is 2.74. The van der Waals surface area contributed by atoms with Crippen LogP contribution in [-0.4, -0.2) is 18.3 Å². The van der Waals surface area contributed by atoms with Gasteiger partial charge in [0.2, 0.25) is 0 Å². The first-order valence-electron chi connectivity index (χ1n) is 4.04. The Bertz CT molecular complexity index is 299. The van der Waals surface area contributed by atoms with Crippen LogP contribution in [0.2, 0.25) is 0 Å². The van der Waals surface area contributed by atoms with Gasteiger partial charge < -0.3 is 15.6 Å². The number of rotatable bonds is 4. The van der Waals surface area contributed by atoms with Gasteiger partial charge in [0, 0.05) is 0 Å². The number of alkyl halides is 2. The van der Waals surface area contributed by atoms with E-state index in [4.69, 9.17) is 10.8 Å². The fraction of sp³-hybridized carbons (Fsp3) is 0.333. The lowest BCUT2D eigenvalue weighted by Gasteiger charge is -2.10. The van der Waals surface area contributed by atoms with Crippen LogP contribution < -0.4 is 10.5 Å². The maximum atomic E-state index is 11.8. The van der Waals surface area contributed by atoms with Gasteiger partial charge in [0.05, 0.1) is 12.6 Å². The first-order valence-corrected chi connectivity index (χ1v) is 4.04. The molecule has 1 aromatic carbocycles. The molecule has 0 heterocycles. The lowest BCUT2D eigenvalue weighted by Crippen LogP contribution is -2.14. The summed E-state index contributed by atoms with van der Waals surface area (Å²) in [7, 11) is 0. The third-order valence-electron chi connectivity index (χ3n) is 1.71. The van der Waals surface area contributed by atoms with Crippen LogP contribution in [0.4, 0.5) is 8.78 Å². The van der Waals surface area contributed by atoms with Crippen LogP contribution in [0.15, 0.2) is 24.3 Å². The Hall–Kier alpha value is -0.910. The van der Waals surface area contributed by atoms with Crippen LogP contribution in [0, 0.1) is 0 Å². The number of nitrogens with two attached hydrogens (primary N) is 1. The van der Waals surface area contributed by atoms with E-state index in [9.17, 15) is 8.78 Å². The third-order valence-corrected chi connectivity index (χ3v) is 1.71. The molecule has 0 aromatic heterocycles. The summed E-state index contributed by atoms with van der Waals surface area (Å²) in [4.78, 5) is 0. The Kier molecular flexibility index (Phi) is 6.15. The van der Waals surface area contributed by atoms with Gasteiger partial charge in [0.15, 0.2) is 0 Å². The van der Waals surface area contributed by atoms with Gasteiger partial charge in [-0.3, -0.25) is 0 Å². The molecule has 0 aliphatic heterocycles. The second kappa shape index (κ2) is 6.55. The fourth-order valence-corrected chi connectivity index (χ4v) is 1.03. The third kappa shape index (κ3) is 4.42. The number of hydrogen-bond acceptors (Lipinski definition) is 3. The number of aliphatic hydroxyl groups excluding tert-OH is 1. The van der Waals surface area contributed by atoms with Crippen molar-refractivity contribution < 1.29 is 18.6 Å². The molecule has 0 amide bonds. The van der Waals surface area contributed by atoms with E-state index >= 15 is 0 Å². The molecule has 0 saturated heterocycles. The fourth-order valence-electron chi connectivity index (χ4n) is 1.03. The summed E-state index contributed by atoms with van der Waals surface area (Å²) in [5, 5.41) is 8.75. The Morgan fingerprint density at radius 2 is 2.07 bits per heavy atom. The molecular formula is C9H12ClF2NO2. The molecule has 15 heavy (non-hydrogen) atoms. The summed E-state index contributed by atoms with van der Waals surface area (Å²) >= 11 is 0. The van der Waals surface area contributed by atoms with Crippen LogP contribution in [-0.2, 0) is 0 Å². The predicted molar refractivity (Wildman–Crippen MR) is 54.3 cm³/mol. The highest BCUT2D eigenvalue weighted by Crippen LogP contribution is 2.19. The van der Waals surface area contributed by atoms with Gasteiger partial charge in [-0.05, 0) is 17.7 Å². The highest BCUT2D eigenvalue weighted by Gasteiger charge is 2.08. The number of aliphatic hydroxyl groups is 1. The average Bonchev–Trinajstić information content (AvgIpc) is 2.16. The minimum absolute atomic E-state index is 0. The first-order chi connectivity index (χ1) is 6.63. The molecule has 1 rings (SSSR count). The summed E-state index contributed by atoms with van der Waals surface area (Å²) < 4.78 is 27.8. The summed E-state index contributed by atoms with van der Waals surface area (Å²) in [5.41, 5.74) is 6.06. The lowest BCUT2D eigenvalue weighted by atomic mass is 10.1. The van der Waals surface area contributed by atoms with Gasteiger partial charge in [-0.25, -0.2) is 0 Å². The Morgan fingerprint density at radius 3 is 2.60 bits per heavy atom. The minimum atomic E-state index is -2.85. The van der Waals surface area contributed by atoms with Crippen molar-refractivity contribution >= 4 is 12.4 Å². The zero-order valence-corrected chi connectivity index (χ0v) is 8.58. The van der Waals surface area contributed by atoms with Crippen LogP contribution in [0.3, 0.4) is 0 Å². The molecule has 1 aromatic rings. The van der Waals surface area contributed by atoms with Gasteiger partial charge in [-0.15, -0.1) is 12.4 Å². The van der Waals surface area contributed by atoms with E-state index in [2.05, 4.69) is 4.74 Å². The molecule has 1 unspecified atom stereocenters. The molecule has 86 valence electrons. The molecule has 3 nitrogen and oxygen atoms in total. The van der Waals surface area contributed by atoms with E-state index in [1.807, 2.05) is 0 Å². The van der Waals surface area contributed by atoms with Gasteiger partial charge >= 0.3 is 6.61 Å². The number of benzene rings is 1. The van der Waals surface area contributed by atoms with E-state index in [0.717, 1.165) is 0 Å². The van der Waals surface area contributed by atoms with Gasteiger partial charge in [-0.1, -0.05) is 12.1 Å². The molecule has 0 spiro atoms. The maximum Gasteiger partial charge on any atom is 0.387 e. The van der Waals surface area contributed by atoms with Crippen molar-refractivity contribution in [3.05, 3.63) is 29.8 Å². The predicted octanol–water partition coefficient (Wildman–Crippen LogP) is 1.70. The van der Waals surface area contributed by atoms with Crippen LogP contribution in [0.25, 0.3) is 0 Å². The normalized spacial score (nSPS) is 12.1. The zero-order valence-electron chi connectivity index (χ0n) is 7.77. The van der Waals surface area contributed by atoms with E-state index in [1.54, 1.807) is 12.1 Å². The lowest BCUT2D eigenvalue weighted by molar-refractivity contribution is -0.0499. The van der Waals surface area contributed by atoms with E-state index in [0.29, 0.717) is 5.56 Å². The number of hydrogen-bond donors (Lipinski definition) is 2. The topological polar surface area (TPSA) is 55.5 Å². The summed E-state index contributed by atoms with van der Waals surface area (Å²) in [6.45, 7) is -3.09. The molecule has 3 N–H and O–H groups in total. The number of halogens is 3. The highest BCUT2D eigenvalue weighted by molar-refractivity contribution is 5.85. The Labute approximate surface area is 92.3 Å². The average molecular weight is 240 g/mol. The van der Waals surface area contributed by atoms with Crippen molar-refractivity contribution in [3.63, 3.8) is 0 Å². The first kappa shape index (κ1) is 14.1. The maximum absolute atomic E-state index is 11.8. The van der Waals surface area contributed by atoms with Crippen LogP contribution in [0.1, 0.15) is 11.6 Å². The number of ether oxygens (including phenoxy) is 1. The highest BCUT2D eigenvalue weighted by atomic mass is 35.5. The van der Waals surface area contributed by atoms with E-state index in [-0.39, 0.29) is 24.8 Å². The largest absolute Gasteiger partial charge is 0.435 e. The SMILES string of the molecule is Cl.NC(CO)c1cccc(OC(F)F)c1. The van der Waals surface area contributed by atoms with E-state index < -0.39 is 12.7 Å². The van der Waals surface area contributed by atoms with Crippen molar-refractivity contribution in [1.82, 2.24) is 0 Å². The quantitative estimate of drug-likeness (QED) is 0.841. The zero-order chi connectivity index (χ0) is 10.6. The summed E-state index contributed by atoms with van der Waals surface area (Å²) in [5.74, 6) is 0.0430. The van der Waals surface area contributed by atoms with Gasteiger partial charge in [-0.2, -0.15) is 8.78 Å². The second-order valence-corrected chi connectivity index (χ2v) is 2.74. The standard InChI is InChI=1S/C9H11F2NO2.ClH/c10-9(11)14-7-3-1-2-6(4-7)8(12)5-13;/h1-4,8-9,13H,5,12H2;1H. The van der Waals surface area contributed by atoms with Crippen molar-refractivity contribution in [1.29, 1.82) is 0 Å². The Balaban J connectivity index is 0.00000196. The Morgan fingerprint density at radius 1 is 1.40 bits per heavy atom. The molecule has 0 bridgehead atoms. The molecular weight excluding hydrogens is 228 g/mol. The molecule has 0 radical (unpaired) electrons. The molecule has 0 saturated carbocycles.